The minimum absolute atomic E-state index is 0.351. The first-order chi connectivity index (χ1) is 11.6. The van der Waals surface area contributed by atoms with E-state index >= 15 is 0 Å². The maximum Gasteiger partial charge on any atom is 0.216 e. The van der Waals surface area contributed by atoms with Gasteiger partial charge in [-0.1, -0.05) is 41.4 Å². The number of aromatic amines is 1. The van der Waals surface area contributed by atoms with Gasteiger partial charge in [0.15, 0.2) is 0 Å². The van der Waals surface area contributed by atoms with Crippen LogP contribution in [0.5, 0.6) is 5.75 Å². The Labute approximate surface area is 153 Å². The second kappa shape index (κ2) is 7.61. The second-order valence-corrected chi connectivity index (χ2v) is 6.08. The third-order valence-electron chi connectivity index (χ3n) is 3.13. The molecule has 2 aromatic carbocycles. The first-order valence-electron chi connectivity index (χ1n) is 6.95. The van der Waals surface area contributed by atoms with E-state index in [0.29, 0.717) is 27.2 Å². The minimum atomic E-state index is 0.351. The van der Waals surface area contributed by atoms with Crippen molar-refractivity contribution in [3.63, 3.8) is 0 Å². The van der Waals surface area contributed by atoms with Crippen LogP contribution in [-0.4, -0.2) is 21.1 Å². The quantitative estimate of drug-likeness (QED) is 0.516. The van der Waals surface area contributed by atoms with Gasteiger partial charge in [0.05, 0.1) is 6.21 Å². The number of ether oxygens (including phenoxy) is 1. The molecule has 0 aliphatic heterocycles. The van der Waals surface area contributed by atoms with Crippen molar-refractivity contribution in [3.05, 3.63) is 74.7 Å². The monoisotopic (exact) mass is 378 g/mol. The number of halogens is 2. The van der Waals surface area contributed by atoms with Crippen molar-refractivity contribution in [2.45, 2.75) is 6.61 Å². The lowest BCUT2D eigenvalue weighted by Crippen LogP contribution is -1.97. The number of benzene rings is 2. The van der Waals surface area contributed by atoms with Crippen LogP contribution in [0.4, 0.5) is 0 Å². The molecule has 0 saturated carbocycles. The smallest absolute Gasteiger partial charge is 0.216 e. The van der Waals surface area contributed by atoms with Crippen LogP contribution in [0.1, 0.15) is 11.1 Å². The predicted molar refractivity (Wildman–Crippen MR) is 97.6 cm³/mol. The fourth-order valence-electron chi connectivity index (χ4n) is 1.94. The van der Waals surface area contributed by atoms with E-state index in [4.69, 9.17) is 40.2 Å². The molecule has 1 heterocycles. The lowest BCUT2D eigenvalue weighted by atomic mass is 10.2. The molecular formula is C16H12Cl2N4OS. The number of hydrogen-bond acceptors (Lipinski definition) is 4. The standard InChI is InChI=1S/C16H12Cl2N4OS/c17-13-5-4-12(15(18)7-13)9-23-14-3-1-2-11(6-14)8-20-22-10-19-21-16(22)24/h1-8,10H,9H2,(H,21,24)/b20-8+. The Hall–Kier alpha value is -2.15. The molecule has 122 valence electrons. The number of nitrogens with one attached hydrogen (secondary N) is 1. The van der Waals surface area contributed by atoms with Crippen molar-refractivity contribution in [1.82, 2.24) is 14.9 Å². The van der Waals surface area contributed by atoms with Crippen LogP contribution in [0.3, 0.4) is 0 Å². The van der Waals surface area contributed by atoms with Gasteiger partial charge in [-0.25, -0.2) is 0 Å². The van der Waals surface area contributed by atoms with Gasteiger partial charge in [-0.05, 0) is 42.0 Å². The molecule has 0 bridgehead atoms. The molecule has 0 fully saturated rings. The van der Waals surface area contributed by atoms with E-state index in [1.54, 1.807) is 18.3 Å². The van der Waals surface area contributed by atoms with Crippen LogP contribution < -0.4 is 4.74 Å². The van der Waals surface area contributed by atoms with Gasteiger partial charge in [0.25, 0.3) is 0 Å². The Morgan fingerprint density at radius 2 is 2.12 bits per heavy atom. The normalized spacial score (nSPS) is 11.1. The van der Waals surface area contributed by atoms with Gasteiger partial charge in [-0.2, -0.15) is 14.9 Å². The maximum absolute atomic E-state index is 6.14. The zero-order valence-electron chi connectivity index (χ0n) is 12.3. The summed E-state index contributed by atoms with van der Waals surface area (Å²) in [6.07, 6.45) is 3.18. The summed E-state index contributed by atoms with van der Waals surface area (Å²) in [5.41, 5.74) is 1.74. The van der Waals surface area contributed by atoms with Crippen molar-refractivity contribution in [3.8, 4) is 5.75 Å². The van der Waals surface area contributed by atoms with Gasteiger partial charge < -0.3 is 4.74 Å². The largest absolute Gasteiger partial charge is 0.489 e. The topological polar surface area (TPSA) is 55.2 Å². The zero-order chi connectivity index (χ0) is 16.9. The van der Waals surface area contributed by atoms with Crippen molar-refractivity contribution in [1.29, 1.82) is 0 Å². The molecule has 1 N–H and O–H groups in total. The van der Waals surface area contributed by atoms with E-state index < -0.39 is 0 Å². The molecule has 24 heavy (non-hydrogen) atoms. The van der Waals surface area contributed by atoms with Crippen LogP contribution >= 0.6 is 35.4 Å². The lowest BCUT2D eigenvalue weighted by Gasteiger charge is -2.08. The van der Waals surface area contributed by atoms with Gasteiger partial charge in [-0.15, -0.1) is 0 Å². The van der Waals surface area contributed by atoms with Gasteiger partial charge >= 0.3 is 0 Å². The van der Waals surface area contributed by atoms with Crippen LogP contribution in [0, 0.1) is 4.77 Å². The second-order valence-electron chi connectivity index (χ2n) is 4.85. The molecule has 0 spiro atoms. The Balaban J connectivity index is 1.70. The number of rotatable bonds is 5. The van der Waals surface area contributed by atoms with Crippen LogP contribution in [0.2, 0.25) is 10.0 Å². The third-order valence-corrected chi connectivity index (χ3v) is 4.00. The van der Waals surface area contributed by atoms with Crippen LogP contribution in [-0.2, 0) is 6.61 Å². The molecule has 0 aliphatic rings. The summed E-state index contributed by atoms with van der Waals surface area (Å²) < 4.78 is 7.67. The highest BCUT2D eigenvalue weighted by Crippen LogP contribution is 2.23. The van der Waals surface area contributed by atoms with Crippen molar-refractivity contribution in [2.24, 2.45) is 5.10 Å². The van der Waals surface area contributed by atoms with Crippen molar-refractivity contribution in [2.75, 3.05) is 0 Å². The molecule has 1 aromatic heterocycles. The molecule has 0 atom stereocenters. The fourth-order valence-corrected chi connectivity index (χ4v) is 2.55. The highest BCUT2D eigenvalue weighted by Gasteiger charge is 2.03. The molecule has 3 rings (SSSR count). The number of H-pyrrole nitrogens is 1. The molecule has 0 amide bonds. The van der Waals surface area contributed by atoms with Gasteiger partial charge in [-0.3, -0.25) is 5.10 Å². The summed E-state index contributed by atoms with van der Waals surface area (Å²) >= 11 is 17.1. The number of nitrogens with zero attached hydrogens (tertiary/aromatic N) is 3. The average Bonchev–Trinajstić information content (AvgIpc) is 2.98. The van der Waals surface area contributed by atoms with E-state index in [9.17, 15) is 0 Å². The Morgan fingerprint density at radius 3 is 2.88 bits per heavy atom. The summed E-state index contributed by atoms with van der Waals surface area (Å²) in [6, 6.07) is 12.9. The first-order valence-corrected chi connectivity index (χ1v) is 8.11. The van der Waals surface area contributed by atoms with E-state index in [2.05, 4.69) is 15.3 Å². The minimum Gasteiger partial charge on any atom is -0.489 e. The molecule has 0 aliphatic carbocycles. The highest BCUT2D eigenvalue weighted by molar-refractivity contribution is 7.71. The van der Waals surface area contributed by atoms with Gasteiger partial charge in [0.1, 0.15) is 18.7 Å². The molecular weight excluding hydrogens is 367 g/mol. The van der Waals surface area contributed by atoms with Gasteiger partial charge in [0, 0.05) is 15.6 Å². The molecule has 5 nitrogen and oxygen atoms in total. The summed E-state index contributed by atoms with van der Waals surface area (Å²) in [4.78, 5) is 0. The fraction of sp³-hybridized carbons (Fsp3) is 0.0625. The summed E-state index contributed by atoms with van der Waals surface area (Å²) in [6.45, 7) is 0.351. The maximum atomic E-state index is 6.14. The Kier molecular flexibility index (Phi) is 5.30. The molecule has 3 aromatic rings. The number of aromatic nitrogens is 3. The SMILES string of the molecule is S=c1[nH]ncn1/N=C/c1cccc(OCc2ccc(Cl)cc2Cl)c1. The Morgan fingerprint density at radius 1 is 1.25 bits per heavy atom. The van der Waals surface area contributed by atoms with Gasteiger partial charge in [0.2, 0.25) is 4.77 Å². The summed E-state index contributed by atoms with van der Waals surface area (Å²) in [5.74, 6) is 0.709. The summed E-state index contributed by atoms with van der Waals surface area (Å²) in [7, 11) is 0. The number of hydrogen-bond donors (Lipinski definition) is 1. The molecule has 8 heteroatoms. The lowest BCUT2D eigenvalue weighted by molar-refractivity contribution is 0.306. The van der Waals surface area contributed by atoms with Crippen LogP contribution in [0.25, 0.3) is 0 Å². The van der Waals surface area contributed by atoms with Crippen molar-refractivity contribution < 1.29 is 4.74 Å². The highest BCUT2D eigenvalue weighted by atomic mass is 35.5. The van der Waals surface area contributed by atoms with E-state index in [1.165, 1.54) is 11.0 Å². The molecule has 0 radical (unpaired) electrons. The van der Waals surface area contributed by atoms with E-state index in [0.717, 1.165) is 11.1 Å². The molecule has 0 saturated heterocycles. The predicted octanol–water partition coefficient (Wildman–Crippen LogP) is 4.71. The Bertz CT molecular complexity index is 936. The van der Waals surface area contributed by atoms with E-state index in [1.807, 2.05) is 30.3 Å². The van der Waals surface area contributed by atoms with Crippen molar-refractivity contribution >= 4 is 41.6 Å². The first kappa shape index (κ1) is 16.7. The summed E-state index contributed by atoms with van der Waals surface area (Å²) in [5, 5.41) is 11.8. The van der Waals surface area contributed by atoms with Crippen LogP contribution in [0.15, 0.2) is 53.9 Å². The molecule has 0 unspecified atom stereocenters. The van der Waals surface area contributed by atoms with E-state index in [-0.39, 0.29) is 0 Å². The average molecular weight is 379 g/mol. The zero-order valence-corrected chi connectivity index (χ0v) is 14.6. The third kappa shape index (κ3) is 4.23.